The molecule has 9 nitrogen and oxygen atoms in total. The first-order valence-electron chi connectivity index (χ1n) is 11.1. The summed E-state index contributed by atoms with van der Waals surface area (Å²) in [6, 6.07) is 6.55. The molecule has 2 aliphatic rings. The number of carbonyl (C=O) groups is 2. The summed E-state index contributed by atoms with van der Waals surface area (Å²) in [6.45, 7) is 0.956. The smallest absolute Gasteiger partial charge is 0.379 e. The number of ether oxygens (including phenoxy) is 1. The highest BCUT2D eigenvalue weighted by Gasteiger charge is 2.53. The molecular formula is C23H20F4N6O3. The molecule has 0 unspecified atom stereocenters. The number of halogens is 4. The molecule has 1 atom stereocenters. The van der Waals surface area contributed by atoms with E-state index in [-0.39, 0.29) is 47.4 Å². The van der Waals surface area contributed by atoms with Gasteiger partial charge >= 0.3 is 6.18 Å². The fourth-order valence-corrected chi connectivity index (χ4v) is 4.27. The van der Waals surface area contributed by atoms with Gasteiger partial charge in [0.15, 0.2) is 5.82 Å². The Hall–Kier alpha value is -3.87. The Kier molecular flexibility index (Phi) is 5.94. The minimum atomic E-state index is -4.69. The Balaban J connectivity index is 1.40. The average Bonchev–Trinajstić information content (AvgIpc) is 3.20. The number of rotatable bonds is 6. The topological polar surface area (TPSA) is 122 Å². The third kappa shape index (κ3) is 4.53. The van der Waals surface area contributed by atoms with Gasteiger partial charge in [0.05, 0.1) is 29.2 Å². The van der Waals surface area contributed by atoms with Crippen molar-refractivity contribution in [1.82, 2.24) is 25.9 Å². The summed E-state index contributed by atoms with van der Waals surface area (Å²) >= 11 is 0. The van der Waals surface area contributed by atoms with E-state index in [1.54, 1.807) is 0 Å². The highest BCUT2D eigenvalue weighted by Crippen LogP contribution is 2.50. The SMILES string of the molecule is O=C(N[C@@H]1CCOC1)c1ccc(NC(=O)C2(c3ccc(C(F)(F)F)cc3F)CC2)cc1-c1nnn[nH]1. The molecule has 1 aliphatic carbocycles. The summed E-state index contributed by atoms with van der Waals surface area (Å²) in [5.74, 6) is -1.84. The van der Waals surface area contributed by atoms with Crippen LogP contribution < -0.4 is 10.6 Å². The van der Waals surface area contributed by atoms with Gasteiger partial charge in [-0.25, -0.2) is 9.49 Å². The number of nitrogens with zero attached hydrogens (tertiary/aromatic N) is 3. The first-order chi connectivity index (χ1) is 17.2. The van der Waals surface area contributed by atoms with E-state index in [4.69, 9.17) is 4.74 Å². The van der Waals surface area contributed by atoms with Gasteiger partial charge in [0.1, 0.15) is 5.82 Å². The molecular weight excluding hydrogens is 484 g/mol. The summed E-state index contributed by atoms with van der Waals surface area (Å²) in [4.78, 5) is 26.0. The monoisotopic (exact) mass is 504 g/mol. The number of tetrazole rings is 1. The van der Waals surface area contributed by atoms with Crippen molar-refractivity contribution in [2.24, 2.45) is 0 Å². The van der Waals surface area contributed by atoms with Gasteiger partial charge < -0.3 is 15.4 Å². The fraction of sp³-hybridized carbons (Fsp3) is 0.348. The number of amides is 2. The molecule has 0 spiro atoms. The van der Waals surface area contributed by atoms with Gasteiger partial charge in [0.25, 0.3) is 5.91 Å². The van der Waals surface area contributed by atoms with Crippen molar-refractivity contribution in [1.29, 1.82) is 0 Å². The summed E-state index contributed by atoms with van der Waals surface area (Å²) in [5.41, 5.74) is -1.63. The van der Waals surface area contributed by atoms with Gasteiger partial charge in [-0.3, -0.25) is 9.59 Å². The van der Waals surface area contributed by atoms with E-state index >= 15 is 0 Å². The van der Waals surface area contributed by atoms with E-state index in [0.717, 1.165) is 12.1 Å². The first kappa shape index (κ1) is 23.9. The lowest BCUT2D eigenvalue weighted by atomic mass is 9.93. The predicted octanol–water partition coefficient (Wildman–Crippen LogP) is 3.21. The minimum Gasteiger partial charge on any atom is -0.379 e. The van der Waals surface area contributed by atoms with Crippen molar-refractivity contribution in [3.63, 3.8) is 0 Å². The molecule has 5 rings (SSSR count). The third-order valence-electron chi connectivity index (χ3n) is 6.38. The van der Waals surface area contributed by atoms with Crippen molar-refractivity contribution in [2.45, 2.75) is 36.9 Å². The molecule has 1 aromatic heterocycles. The number of benzene rings is 2. The summed E-state index contributed by atoms with van der Waals surface area (Å²) < 4.78 is 58.6. The number of carbonyl (C=O) groups excluding carboxylic acids is 2. The van der Waals surface area contributed by atoms with Crippen molar-refractivity contribution in [2.75, 3.05) is 18.5 Å². The van der Waals surface area contributed by atoms with Crippen LogP contribution in [0.5, 0.6) is 0 Å². The standard InChI is InChI=1S/C23H20F4N6O3/c24-18-9-12(23(25,26)27)1-4-17(18)22(6-7-22)21(35)29-13-2-3-15(16(10-13)19-30-32-33-31-19)20(34)28-14-5-8-36-11-14/h1-4,9-10,14H,5-8,11H2,(H,28,34)(H,29,35)(H,30,31,32,33)/t14-/m1/s1. The number of aromatic amines is 1. The molecule has 0 radical (unpaired) electrons. The normalized spacial score (nSPS) is 18.6. The maximum Gasteiger partial charge on any atom is 0.416 e. The Morgan fingerprint density at radius 1 is 1.14 bits per heavy atom. The summed E-state index contributed by atoms with van der Waals surface area (Å²) in [7, 11) is 0. The fourth-order valence-electron chi connectivity index (χ4n) is 4.27. The van der Waals surface area contributed by atoms with Crippen LogP contribution in [0.1, 0.15) is 40.7 Å². The zero-order valence-electron chi connectivity index (χ0n) is 18.7. The molecule has 1 aliphatic heterocycles. The second-order valence-corrected chi connectivity index (χ2v) is 8.77. The number of anilines is 1. The van der Waals surface area contributed by atoms with Gasteiger partial charge in [0.2, 0.25) is 5.91 Å². The molecule has 2 heterocycles. The summed E-state index contributed by atoms with van der Waals surface area (Å²) in [5, 5.41) is 19.1. The Labute approximate surface area is 201 Å². The van der Waals surface area contributed by atoms with Crippen LogP contribution in [0.4, 0.5) is 23.2 Å². The van der Waals surface area contributed by atoms with Crippen LogP contribution in [-0.2, 0) is 21.1 Å². The molecule has 36 heavy (non-hydrogen) atoms. The van der Waals surface area contributed by atoms with Crippen LogP contribution in [0.2, 0.25) is 0 Å². The molecule has 1 saturated heterocycles. The highest BCUT2D eigenvalue weighted by atomic mass is 19.4. The lowest BCUT2D eigenvalue weighted by molar-refractivity contribution is -0.137. The Morgan fingerprint density at radius 3 is 2.56 bits per heavy atom. The largest absolute Gasteiger partial charge is 0.416 e. The van der Waals surface area contributed by atoms with E-state index in [0.29, 0.717) is 31.3 Å². The van der Waals surface area contributed by atoms with Gasteiger partial charge in [-0.15, -0.1) is 5.10 Å². The van der Waals surface area contributed by atoms with E-state index in [1.807, 2.05) is 0 Å². The van der Waals surface area contributed by atoms with Gasteiger partial charge in [-0.2, -0.15) is 13.2 Å². The molecule has 3 aromatic rings. The van der Waals surface area contributed by atoms with Gasteiger partial charge in [-0.1, -0.05) is 6.07 Å². The van der Waals surface area contributed by atoms with E-state index in [9.17, 15) is 27.2 Å². The molecule has 13 heteroatoms. The van der Waals surface area contributed by atoms with Crippen LogP contribution in [0.3, 0.4) is 0 Å². The number of alkyl halides is 3. The second-order valence-electron chi connectivity index (χ2n) is 8.77. The molecule has 3 N–H and O–H groups in total. The maximum absolute atomic E-state index is 14.6. The van der Waals surface area contributed by atoms with Crippen LogP contribution in [0.25, 0.3) is 11.4 Å². The van der Waals surface area contributed by atoms with E-state index < -0.39 is 28.9 Å². The van der Waals surface area contributed by atoms with Crippen LogP contribution in [0, 0.1) is 5.82 Å². The zero-order valence-corrected chi connectivity index (χ0v) is 18.7. The van der Waals surface area contributed by atoms with E-state index in [2.05, 4.69) is 31.3 Å². The number of nitrogens with one attached hydrogen (secondary N) is 3. The quantitative estimate of drug-likeness (QED) is 0.444. The molecule has 2 aromatic carbocycles. The number of H-pyrrole nitrogens is 1. The van der Waals surface area contributed by atoms with Crippen LogP contribution in [-0.4, -0.2) is 51.7 Å². The second kappa shape index (κ2) is 8.97. The average molecular weight is 504 g/mol. The predicted molar refractivity (Wildman–Crippen MR) is 117 cm³/mol. The highest BCUT2D eigenvalue weighted by molar-refractivity contribution is 6.04. The first-order valence-corrected chi connectivity index (χ1v) is 11.1. The Bertz CT molecular complexity index is 1300. The van der Waals surface area contributed by atoms with Gasteiger partial charge in [0, 0.05) is 23.4 Å². The van der Waals surface area contributed by atoms with Crippen molar-refractivity contribution < 1.29 is 31.9 Å². The van der Waals surface area contributed by atoms with Crippen molar-refractivity contribution >= 4 is 17.5 Å². The lowest BCUT2D eigenvalue weighted by Gasteiger charge is -2.19. The van der Waals surface area contributed by atoms with Gasteiger partial charge in [-0.05, 0) is 60.0 Å². The molecule has 2 amide bonds. The Morgan fingerprint density at radius 2 is 1.94 bits per heavy atom. The number of hydrogen-bond donors (Lipinski definition) is 3. The van der Waals surface area contributed by atoms with Crippen molar-refractivity contribution in [3.8, 4) is 11.4 Å². The molecule has 2 fully saturated rings. The van der Waals surface area contributed by atoms with E-state index in [1.165, 1.54) is 18.2 Å². The molecule has 1 saturated carbocycles. The lowest BCUT2D eigenvalue weighted by Crippen LogP contribution is -2.35. The third-order valence-corrected chi connectivity index (χ3v) is 6.38. The van der Waals surface area contributed by atoms with Crippen LogP contribution in [0.15, 0.2) is 36.4 Å². The summed E-state index contributed by atoms with van der Waals surface area (Å²) in [6.07, 6.45) is -3.45. The molecule has 0 bridgehead atoms. The number of hydrogen-bond acceptors (Lipinski definition) is 6. The minimum absolute atomic E-state index is 0.0950. The number of aromatic nitrogens is 4. The van der Waals surface area contributed by atoms with Crippen molar-refractivity contribution in [3.05, 3.63) is 58.9 Å². The maximum atomic E-state index is 14.6. The molecule has 188 valence electrons. The van der Waals surface area contributed by atoms with Crippen LogP contribution >= 0.6 is 0 Å². The zero-order chi connectivity index (χ0) is 25.5.